The molecule has 1 N–H and O–H groups in total. The summed E-state index contributed by atoms with van der Waals surface area (Å²) in [5.74, 6) is 1.49. The number of halogens is 1. The smallest absolute Gasteiger partial charge is 0.159 e. The predicted octanol–water partition coefficient (Wildman–Crippen LogP) is 2.65. The molecule has 0 fully saturated rings. The number of rotatable bonds is 7. The molecule has 5 nitrogen and oxygen atoms in total. The number of methoxy groups -OCH3 is 2. The zero-order chi connectivity index (χ0) is 15.1. The van der Waals surface area contributed by atoms with Crippen molar-refractivity contribution in [2.75, 3.05) is 27.4 Å². The SMILES string of the molecule is COCCNCc1ccnc(-c2ccc(OC)c(Br)c2)n1. The van der Waals surface area contributed by atoms with Crippen LogP contribution in [0.4, 0.5) is 0 Å². The minimum absolute atomic E-state index is 0.684. The summed E-state index contributed by atoms with van der Waals surface area (Å²) in [5, 5.41) is 3.27. The first-order valence-electron chi connectivity index (χ1n) is 6.60. The zero-order valence-electron chi connectivity index (χ0n) is 12.1. The van der Waals surface area contributed by atoms with Gasteiger partial charge in [0, 0.05) is 32.0 Å². The standard InChI is InChI=1S/C15H18BrN3O2/c1-20-8-7-17-10-12-5-6-18-15(19-12)11-3-4-14(21-2)13(16)9-11/h3-6,9,17H,7-8,10H2,1-2H3. The van der Waals surface area contributed by atoms with Gasteiger partial charge in [-0.25, -0.2) is 9.97 Å². The van der Waals surface area contributed by atoms with E-state index < -0.39 is 0 Å². The van der Waals surface area contributed by atoms with Crippen LogP contribution in [0.1, 0.15) is 5.69 Å². The highest BCUT2D eigenvalue weighted by atomic mass is 79.9. The quantitative estimate of drug-likeness (QED) is 0.777. The maximum atomic E-state index is 5.23. The van der Waals surface area contributed by atoms with Gasteiger partial charge in [-0.2, -0.15) is 0 Å². The molecule has 1 heterocycles. The first-order valence-corrected chi connectivity index (χ1v) is 7.39. The van der Waals surface area contributed by atoms with Crippen molar-refractivity contribution in [1.82, 2.24) is 15.3 Å². The summed E-state index contributed by atoms with van der Waals surface area (Å²) >= 11 is 3.48. The van der Waals surface area contributed by atoms with Gasteiger partial charge in [-0.05, 0) is 40.2 Å². The van der Waals surface area contributed by atoms with E-state index in [9.17, 15) is 0 Å². The molecule has 0 aliphatic heterocycles. The summed E-state index contributed by atoms with van der Waals surface area (Å²) in [6.45, 7) is 2.17. The van der Waals surface area contributed by atoms with Crippen molar-refractivity contribution in [2.45, 2.75) is 6.54 Å². The van der Waals surface area contributed by atoms with Gasteiger partial charge < -0.3 is 14.8 Å². The monoisotopic (exact) mass is 351 g/mol. The summed E-state index contributed by atoms with van der Waals surface area (Å²) < 4.78 is 11.1. The number of aromatic nitrogens is 2. The second-order valence-electron chi connectivity index (χ2n) is 4.39. The second kappa shape index (κ2) is 8.07. The molecule has 0 aliphatic carbocycles. The fourth-order valence-electron chi connectivity index (χ4n) is 1.83. The lowest BCUT2D eigenvalue weighted by Crippen LogP contribution is -2.19. The Hall–Kier alpha value is -1.50. The molecule has 0 saturated heterocycles. The zero-order valence-corrected chi connectivity index (χ0v) is 13.7. The first-order chi connectivity index (χ1) is 10.2. The van der Waals surface area contributed by atoms with Gasteiger partial charge in [-0.15, -0.1) is 0 Å². The molecule has 0 amide bonds. The molecule has 1 aromatic heterocycles. The molecule has 0 saturated carbocycles. The van der Waals surface area contributed by atoms with Crippen LogP contribution < -0.4 is 10.1 Å². The van der Waals surface area contributed by atoms with Crippen molar-refractivity contribution in [3.63, 3.8) is 0 Å². The van der Waals surface area contributed by atoms with E-state index in [2.05, 4.69) is 31.2 Å². The van der Waals surface area contributed by atoms with Gasteiger partial charge in [-0.3, -0.25) is 0 Å². The Morgan fingerprint density at radius 3 is 2.81 bits per heavy atom. The summed E-state index contributed by atoms with van der Waals surface area (Å²) in [6, 6.07) is 7.70. The van der Waals surface area contributed by atoms with Crippen LogP contribution in [0.3, 0.4) is 0 Å². The van der Waals surface area contributed by atoms with Crippen molar-refractivity contribution < 1.29 is 9.47 Å². The van der Waals surface area contributed by atoms with Gasteiger partial charge in [0.15, 0.2) is 5.82 Å². The normalized spacial score (nSPS) is 10.6. The average molecular weight is 352 g/mol. The highest BCUT2D eigenvalue weighted by Gasteiger charge is 2.06. The maximum absolute atomic E-state index is 5.23. The van der Waals surface area contributed by atoms with E-state index in [1.165, 1.54) is 0 Å². The van der Waals surface area contributed by atoms with Gasteiger partial charge in [0.2, 0.25) is 0 Å². The summed E-state index contributed by atoms with van der Waals surface area (Å²) in [6.07, 6.45) is 1.77. The van der Waals surface area contributed by atoms with Gasteiger partial charge >= 0.3 is 0 Å². The van der Waals surface area contributed by atoms with Crippen molar-refractivity contribution >= 4 is 15.9 Å². The van der Waals surface area contributed by atoms with Crippen LogP contribution in [0.15, 0.2) is 34.9 Å². The van der Waals surface area contributed by atoms with Crippen LogP contribution in [0.25, 0.3) is 11.4 Å². The Morgan fingerprint density at radius 1 is 1.24 bits per heavy atom. The number of hydrogen-bond acceptors (Lipinski definition) is 5. The molecular weight excluding hydrogens is 334 g/mol. The Bertz CT molecular complexity index is 593. The van der Waals surface area contributed by atoms with Crippen LogP contribution in [-0.4, -0.2) is 37.3 Å². The third-order valence-electron chi connectivity index (χ3n) is 2.91. The fourth-order valence-corrected chi connectivity index (χ4v) is 2.37. The molecule has 6 heteroatoms. The summed E-state index contributed by atoms with van der Waals surface area (Å²) in [4.78, 5) is 8.89. The molecule has 2 rings (SSSR count). The van der Waals surface area contributed by atoms with Crippen LogP contribution >= 0.6 is 15.9 Å². The predicted molar refractivity (Wildman–Crippen MR) is 85.3 cm³/mol. The van der Waals surface area contributed by atoms with E-state index in [4.69, 9.17) is 9.47 Å². The lowest BCUT2D eigenvalue weighted by atomic mass is 10.2. The first kappa shape index (κ1) is 15.9. The summed E-state index contributed by atoms with van der Waals surface area (Å²) in [5.41, 5.74) is 1.89. The van der Waals surface area contributed by atoms with Gasteiger partial charge in [0.05, 0.1) is 23.9 Å². The van der Waals surface area contributed by atoms with E-state index >= 15 is 0 Å². The molecule has 0 unspecified atom stereocenters. The minimum Gasteiger partial charge on any atom is -0.496 e. The number of benzene rings is 1. The third kappa shape index (κ3) is 4.49. The van der Waals surface area contributed by atoms with Crippen molar-refractivity contribution in [3.8, 4) is 17.1 Å². The molecular formula is C15H18BrN3O2. The largest absolute Gasteiger partial charge is 0.496 e. The second-order valence-corrected chi connectivity index (χ2v) is 5.24. The van der Waals surface area contributed by atoms with Crippen LogP contribution in [0, 0.1) is 0 Å². The molecule has 112 valence electrons. The van der Waals surface area contributed by atoms with Gasteiger partial charge in [0.1, 0.15) is 5.75 Å². The summed E-state index contributed by atoms with van der Waals surface area (Å²) in [7, 11) is 3.33. The van der Waals surface area contributed by atoms with E-state index in [-0.39, 0.29) is 0 Å². The van der Waals surface area contributed by atoms with Crippen molar-refractivity contribution in [1.29, 1.82) is 0 Å². The number of nitrogens with zero attached hydrogens (tertiary/aromatic N) is 2. The maximum Gasteiger partial charge on any atom is 0.159 e. The molecule has 0 aliphatic rings. The average Bonchev–Trinajstić information content (AvgIpc) is 2.52. The minimum atomic E-state index is 0.684. The molecule has 0 spiro atoms. The number of ether oxygens (including phenoxy) is 2. The number of hydrogen-bond donors (Lipinski definition) is 1. The lowest BCUT2D eigenvalue weighted by molar-refractivity contribution is 0.199. The fraction of sp³-hybridized carbons (Fsp3) is 0.333. The lowest BCUT2D eigenvalue weighted by Gasteiger charge is -2.07. The van der Waals surface area contributed by atoms with E-state index in [1.54, 1.807) is 20.4 Å². The highest BCUT2D eigenvalue weighted by molar-refractivity contribution is 9.10. The van der Waals surface area contributed by atoms with E-state index in [0.29, 0.717) is 19.0 Å². The van der Waals surface area contributed by atoms with Gasteiger partial charge in [-0.1, -0.05) is 0 Å². The van der Waals surface area contributed by atoms with E-state index in [1.807, 2.05) is 24.3 Å². The topological polar surface area (TPSA) is 56.3 Å². The highest BCUT2D eigenvalue weighted by Crippen LogP contribution is 2.28. The van der Waals surface area contributed by atoms with E-state index in [0.717, 1.165) is 28.0 Å². The van der Waals surface area contributed by atoms with Crippen LogP contribution in [0.2, 0.25) is 0 Å². The Morgan fingerprint density at radius 2 is 2.10 bits per heavy atom. The molecule has 21 heavy (non-hydrogen) atoms. The molecule has 1 aromatic carbocycles. The Labute approximate surface area is 132 Å². The van der Waals surface area contributed by atoms with Crippen LogP contribution in [0.5, 0.6) is 5.75 Å². The number of nitrogens with one attached hydrogen (secondary N) is 1. The Balaban J connectivity index is 2.11. The molecule has 0 atom stereocenters. The van der Waals surface area contributed by atoms with Crippen LogP contribution in [-0.2, 0) is 11.3 Å². The molecule has 0 bridgehead atoms. The molecule has 2 aromatic rings. The third-order valence-corrected chi connectivity index (χ3v) is 3.53. The Kier molecular flexibility index (Phi) is 6.10. The van der Waals surface area contributed by atoms with Crippen molar-refractivity contribution in [3.05, 3.63) is 40.6 Å². The molecule has 0 radical (unpaired) electrons. The van der Waals surface area contributed by atoms with Gasteiger partial charge in [0.25, 0.3) is 0 Å². The van der Waals surface area contributed by atoms with Crippen molar-refractivity contribution in [2.24, 2.45) is 0 Å².